The smallest absolute Gasteiger partial charge is 0.221 e. The molecule has 0 bridgehead atoms. The van der Waals surface area contributed by atoms with E-state index >= 15 is 0 Å². The number of hydrogen-bond acceptors (Lipinski definition) is 2. The zero-order valence-electron chi connectivity index (χ0n) is 10.4. The summed E-state index contributed by atoms with van der Waals surface area (Å²) in [7, 11) is 0. The van der Waals surface area contributed by atoms with E-state index in [2.05, 4.69) is 5.32 Å². The molecule has 1 aromatic carbocycles. The lowest BCUT2D eigenvalue weighted by atomic mass is 9.89. The van der Waals surface area contributed by atoms with Crippen molar-refractivity contribution in [1.82, 2.24) is 0 Å². The number of fused-ring (bicyclic) bond motifs is 1. The van der Waals surface area contributed by atoms with E-state index in [0.29, 0.717) is 11.3 Å². The van der Waals surface area contributed by atoms with Crippen LogP contribution in [0.1, 0.15) is 41.3 Å². The van der Waals surface area contributed by atoms with Crippen molar-refractivity contribution in [2.24, 2.45) is 0 Å². The fraction of sp³-hybridized carbons (Fsp3) is 0.429. The minimum atomic E-state index is -0.172. The van der Waals surface area contributed by atoms with Crippen LogP contribution in [-0.4, -0.2) is 17.6 Å². The minimum absolute atomic E-state index is 0.0641. The largest absolute Gasteiger partial charge is 0.326 e. The number of rotatable bonds is 3. The highest BCUT2D eigenvalue weighted by molar-refractivity contribution is 6.31. The zero-order valence-corrected chi connectivity index (χ0v) is 11.1. The zero-order chi connectivity index (χ0) is 13.1. The molecule has 3 nitrogen and oxygen atoms in total. The molecule has 0 aromatic heterocycles. The van der Waals surface area contributed by atoms with E-state index in [1.165, 1.54) is 18.1 Å². The number of amides is 1. The van der Waals surface area contributed by atoms with E-state index in [0.717, 1.165) is 25.7 Å². The Labute approximate surface area is 112 Å². The summed E-state index contributed by atoms with van der Waals surface area (Å²) in [6.07, 6.45) is 4.33. The van der Waals surface area contributed by atoms with Gasteiger partial charge in [0.25, 0.3) is 0 Å². The van der Waals surface area contributed by atoms with Crippen molar-refractivity contribution in [1.29, 1.82) is 0 Å². The second-order valence-corrected chi connectivity index (χ2v) is 4.88. The van der Waals surface area contributed by atoms with Crippen LogP contribution < -0.4 is 5.32 Å². The van der Waals surface area contributed by atoms with Gasteiger partial charge in [-0.2, -0.15) is 0 Å². The molecule has 18 heavy (non-hydrogen) atoms. The lowest BCUT2D eigenvalue weighted by Crippen LogP contribution is -2.14. The molecule has 4 heteroatoms. The first-order valence-corrected chi connectivity index (χ1v) is 6.68. The first-order valence-electron chi connectivity index (χ1n) is 6.14. The van der Waals surface area contributed by atoms with Crippen molar-refractivity contribution in [2.75, 3.05) is 11.2 Å². The molecule has 1 N–H and O–H groups in total. The van der Waals surface area contributed by atoms with Gasteiger partial charge in [-0.05, 0) is 48.9 Å². The highest BCUT2D eigenvalue weighted by atomic mass is 35.5. The number of anilines is 1. The molecule has 96 valence electrons. The van der Waals surface area contributed by atoms with Crippen molar-refractivity contribution in [2.45, 2.75) is 32.6 Å². The SMILES string of the molecule is CC(=O)Nc1cc2c(cc1C(=O)CCl)CCCC2. The number of hydrogen-bond donors (Lipinski definition) is 1. The summed E-state index contributed by atoms with van der Waals surface area (Å²) in [5.41, 5.74) is 3.56. The predicted octanol–water partition coefficient (Wildman–Crippen LogP) is 2.95. The normalized spacial score (nSPS) is 13.9. The third-order valence-corrected chi connectivity index (χ3v) is 3.46. The summed E-state index contributed by atoms with van der Waals surface area (Å²) < 4.78 is 0. The van der Waals surface area contributed by atoms with Crippen LogP contribution in [0.3, 0.4) is 0 Å². The van der Waals surface area contributed by atoms with Gasteiger partial charge < -0.3 is 5.32 Å². The van der Waals surface area contributed by atoms with Crippen molar-refractivity contribution in [3.63, 3.8) is 0 Å². The van der Waals surface area contributed by atoms with Crippen molar-refractivity contribution in [3.05, 3.63) is 28.8 Å². The summed E-state index contributed by atoms with van der Waals surface area (Å²) in [6.45, 7) is 1.44. The van der Waals surface area contributed by atoms with E-state index in [1.807, 2.05) is 12.1 Å². The highest BCUT2D eigenvalue weighted by Crippen LogP contribution is 2.28. The molecule has 1 aliphatic carbocycles. The molecule has 1 aliphatic rings. The standard InChI is InChI=1S/C14H16ClNO2/c1-9(17)16-13-7-11-5-3-2-4-10(11)6-12(13)14(18)8-15/h6-7H,2-5,8H2,1H3,(H,16,17). The van der Waals surface area contributed by atoms with Crippen LogP contribution in [0.5, 0.6) is 0 Å². The number of benzene rings is 1. The Hall–Kier alpha value is -1.35. The number of halogens is 1. The molecule has 1 aromatic rings. The molecule has 0 radical (unpaired) electrons. The Bertz CT molecular complexity index is 497. The van der Waals surface area contributed by atoms with E-state index < -0.39 is 0 Å². The maximum atomic E-state index is 11.8. The van der Waals surface area contributed by atoms with Gasteiger partial charge in [-0.1, -0.05) is 0 Å². The van der Waals surface area contributed by atoms with E-state index in [-0.39, 0.29) is 17.6 Å². The molecular weight excluding hydrogens is 250 g/mol. The molecule has 0 heterocycles. The molecule has 0 saturated carbocycles. The average Bonchev–Trinajstić information content (AvgIpc) is 2.36. The Morgan fingerprint density at radius 3 is 2.39 bits per heavy atom. The fourth-order valence-corrected chi connectivity index (χ4v) is 2.53. The summed E-state index contributed by atoms with van der Waals surface area (Å²) in [4.78, 5) is 23.0. The fourth-order valence-electron chi connectivity index (χ4n) is 2.38. The third-order valence-electron chi connectivity index (χ3n) is 3.21. The van der Waals surface area contributed by atoms with Gasteiger partial charge in [-0.25, -0.2) is 0 Å². The average molecular weight is 266 g/mol. The van der Waals surface area contributed by atoms with Gasteiger partial charge in [0.2, 0.25) is 5.91 Å². The van der Waals surface area contributed by atoms with Crippen LogP contribution >= 0.6 is 11.6 Å². The number of alkyl halides is 1. The number of carbonyl (C=O) groups is 2. The lowest BCUT2D eigenvalue weighted by molar-refractivity contribution is -0.114. The van der Waals surface area contributed by atoms with E-state index in [9.17, 15) is 9.59 Å². The number of nitrogens with one attached hydrogen (secondary N) is 1. The quantitative estimate of drug-likeness (QED) is 0.675. The predicted molar refractivity (Wildman–Crippen MR) is 72.4 cm³/mol. The van der Waals surface area contributed by atoms with Crippen molar-refractivity contribution >= 4 is 29.0 Å². The molecule has 0 unspecified atom stereocenters. The maximum absolute atomic E-state index is 11.8. The maximum Gasteiger partial charge on any atom is 0.221 e. The Kier molecular flexibility index (Phi) is 4.02. The molecular formula is C14H16ClNO2. The van der Waals surface area contributed by atoms with Gasteiger partial charge in [0.05, 0.1) is 11.6 Å². The first-order chi connectivity index (χ1) is 8.61. The number of carbonyl (C=O) groups excluding carboxylic acids is 2. The summed E-state index contributed by atoms with van der Waals surface area (Å²) in [5.74, 6) is -0.381. The minimum Gasteiger partial charge on any atom is -0.326 e. The van der Waals surface area contributed by atoms with E-state index in [1.54, 1.807) is 0 Å². The first kappa shape index (κ1) is 13.1. The third kappa shape index (κ3) is 2.72. The molecule has 0 spiro atoms. The van der Waals surface area contributed by atoms with Gasteiger partial charge in [-0.3, -0.25) is 9.59 Å². The van der Waals surface area contributed by atoms with Crippen molar-refractivity contribution in [3.8, 4) is 0 Å². The summed E-state index contributed by atoms with van der Waals surface area (Å²) in [6, 6.07) is 3.82. The Morgan fingerprint density at radius 2 is 1.83 bits per heavy atom. The second kappa shape index (κ2) is 5.53. The molecule has 0 aliphatic heterocycles. The number of aryl methyl sites for hydroxylation is 2. The Balaban J connectivity index is 2.47. The molecule has 2 rings (SSSR count). The van der Waals surface area contributed by atoms with Crippen LogP contribution in [0.15, 0.2) is 12.1 Å². The number of ketones is 1. The second-order valence-electron chi connectivity index (χ2n) is 4.61. The van der Waals surface area contributed by atoms with E-state index in [4.69, 9.17) is 11.6 Å². The van der Waals surface area contributed by atoms with Gasteiger partial charge in [0.1, 0.15) is 0 Å². The highest BCUT2D eigenvalue weighted by Gasteiger charge is 2.17. The van der Waals surface area contributed by atoms with Gasteiger partial charge in [0, 0.05) is 12.5 Å². The number of Topliss-reactive ketones (excluding diaryl/α,β-unsaturated/α-hetero) is 1. The van der Waals surface area contributed by atoms with Crippen LogP contribution in [0.25, 0.3) is 0 Å². The van der Waals surface area contributed by atoms with Gasteiger partial charge >= 0.3 is 0 Å². The molecule has 1 amide bonds. The van der Waals surface area contributed by atoms with Crippen LogP contribution in [0.4, 0.5) is 5.69 Å². The van der Waals surface area contributed by atoms with Gasteiger partial charge in [0.15, 0.2) is 5.78 Å². The topological polar surface area (TPSA) is 46.2 Å². The lowest BCUT2D eigenvalue weighted by Gasteiger charge is -2.19. The van der Waals surface area contributed by atoms with Crippen molar-refractivity contribution < 1.29 is 9.59 Å². The van der Waals surface area contributed by atoms with Crippen LogP contribution in [-0.2, 0) is 17.6 Å². The van der Waals surface area contributed by atoms with Gasteiger partial charge in [-0.15, -0.1) is 11.6 Å². The molecule has 0 atom stereocenters. The summed E-state index contributed by atoms with van der Waals surface area (Å²) >= 11 is 5.62. The Morgan fingerprint density at radius 1 is 1.22 bits per heavy atom. The van der Waals surface area contributed by atoms with Crippen LogP contribution in [0.2, 0.25) is 0 Å². The monoisotopic (exact) mass is 265 g/mol. The summed E-state index contributed by atoms with van der Waals surface area (Å²) in [5, 5.41) is 2.72. The molecule has 0 saturated heterocycles. The molecule has 0 fully saturated rings. The van der Waals surface area contributed by atoms with Crippen LogP contribution in [0, 0.1) is 0 Å².